The molecule has 186 valence electrons. The minimum atomic E-state index is -0.692. The minimum absolute atomic E-state index is 0.0480. The maximum absolute atomic E-state index is 13.3. The van der Waals surface area contributed by atoms with Gasteiger partial charge in [0.05, 0.1) is 5.69 Å². The molecule has 37 heavy (non-hydrogen) atoms. The molecule has 0 unspecified atom stereocenters. The van der Waals surface area contributed by atoms with Crippen LogP contribution in [0.2, 0.25) is 0 Å². The third kappa shape index (κ3) is 5.52. The number of nitrogens with one attached hydrogen (secondary N) is 1. The van der Waals surface area contributed by atoms with E-state index >= 15 is 0 Å². The Bertz CT molecular complexity index is 1360. The van der Waals surface area contributed by atoms with Crippen LogP contribution in [0.4, 0.5) is 5.69 Å². The van der Waals surface area contributed by atoms with E-state index in [1.165, 1.54) is 42.6 Å². The van der Waals surface area contributed by atoms with Crippen molar-refractivity contribution < 1.29 is 19.1 Å². The van der Waals surface area contributed by atoms with Gasteiger partial charge in [-0.1, -0.05) is 61.7 Å². The first-order valence-corrected chi connectivity index (χ1v) is 12.8. The molecule has 2 aliphatic rings. The highest BCUT2D eigenvalue weighted by Gasteiger charge is 2.35. The molecule has 2 fully saturated rings. The van der Waals surface area contributed by atoms with E-state index in [2.05, 4.69) is 5.32 Å². The highest BCUT2D eigenvalue weighted by atomic mass is 32.1. The average Bonchev–Trinajstić information content (AvgIpc) is 2.93. The first-order chi connectivity index (χ1) is 18.0. The van der Waals surface area contributed by atoms with E-state index in [0.717, 1.165) is 6.08 Å². The normalized spacial score (nSPS) is 17.6. The molecule has 2 amide bonds. The number of ketones is 1. The number of carbonyl (C=O) groups is 3. The van der Waals surface area contributed by atoms with Crippen LogP contribution in [-0.2, 0) is 9.59 Å². The molecular formula is C30H26N2O4S. The summed E-state index contributed by atoms with van der Waals surface area (Å²) < 4.78 is 5.80. The van der Waals surface area contributed by atoms with Crippen molar-refractivity contribution in [1.29, 1.82) is 0 Å². The molecule has 0 spiro atoms. The number of hydrogen-bond donors (Lipinski definition) is 1. The molecule has 1 saturated heterocycles. The SMILES string of the molecule is O=C1NC(=S)N(c2ccc(Oc3ccccc3)cc2)C(=O)/C1=C/C(=O)c1ccc(C2CCCCC2)cc1. The van der Waals surface area contributed by atoms with E-state index in [4.69, 9.17) is 17.0 Å². The summed E-state index contributed by atoms with van der Waals surface area (Å²) in [4.78, 5) is 40.0. The molecule has 0 bridgehead atoms. The number of benzene rings is 3. The smallest absolute Gasteiger partial charge is 0.270 e. The number of para-hydroxylation sites is 1. The number of anilines is 1. The minimum Gasteiger partial charge on any atom is -0.457 e. The maximum Gasteiger partial charge on any atom is 0.270 e. The second kappa shape index (κ2) is 10.9. The Kier molecular flexibility index (Phi) is 7.23. The predicted octanol–water partition coefficient (Wildman–Crippen LogP) is 6.08. The fourth-order valence-corrected chi connectivity index (χ4v) is 5.03. The van der Waals surface area contributed by atoms with Crippen molar-refractivity contribution in [3.05, 3.63) is 102 Å². The largest absolute Gasteiger partial charge is 0.457 e. The van der Waals surface area contributed by atoms with Crippen molar-refractivity contribution in [1.82, 2.24) is 5.32 Å². The summed E-state index contributed by atoms with van der Waals surface area (Å²) in [7, 11) is 0. The van der Waals surface area contributed by atoms with Gasteiger partial charge in [0.1, 0.15) is 17.1 Å². The summed E-state index contributed by atoms with van der Waals surface area (Å²) in [6.45, 7) is 0. The first kappa shape index (κ1) is 24.6. The van der Waals surface area contributed by atoms with Gasteiger partial charge in [0.25, 0.3) is 11.8 Å². The zero-order chi connectivity index (χ0) is 25.8. The van der Waals surface area contributed by atoms with Crippen molar-refractivity contribution in [3.63, 3.8) is 0 Å². The monoisotopic (exact) mass is 510 g/mol. The molecule has 1 heterocycles. The number of ether oxygens (including phenoxy) is 1. The Balaban J connectivity index is 1.33. The van der Waals surface area contributed by atoms with Crippen LogP contribution in [0, 0.1) is 0 Å². The summed E-state index contributed by atoms with van der Waals surface area (Å²) in [5.41, 5.74) is 1.84. The number of amides is 2. The summed E-state index contributed by atoms with van der Waals surface area (Å²) >= 11 is 5.27. The zero-order valence-corrected chi connectivity index (χ0v) is 21.0. The molecule has 7 heteroatoms. The molecule has 5 rings (SSSR count). The first-order valence-electron chi connectivity index (χ1n) is 12.4. The van der Waals surface area contributed by atoms with Gasteiger partial charge in [0.2, 0.25) is 0 Å². The van der Waals surface area contributed by atoms with E-state index in [0.29, 0.717) is 28.7 Å². The molecule has 1 aliphatic carbocycles. The van der Waals surface area contributed by atoms with E-state index < -0.39 is 17.6 Å². The predicted molar refractivity (Wildman–Crippen MR) is 146 cm³/mol. The number of carbonyl (C=O) groups excluding carboxylic acids is 3. The van der Waals surface area contributed by atoms with Gasteiger partial charge in [-0.15, -0.1) is 0 Å². The van der Waals surface area contributed by atoms with Crippen molar-refractivity contribution >= 4 is 40.6 Å². The lowest BCUT2D eigenvalue weighted by Crippen LogP contribution is -2.54. The maximum atomic E-state index is 13.3. The zero-order valence-electron chi connectivity index (χ0n) is 20.2. The Morgan fingerprint density at radius 1 is 0.865 bits per heavy atom. The molecule has 0 atom stereocenters. The Morgan fingerprint density at radius 2 is 1.51 bits per heavy atom. The third-order valence-corrected chi connectivity index (χ3v) is 7.01. The van der Waals surface area contributed by atoms with Crippen LogP contribution in [0.1, 0.15) is 53.9 Å². The quantitative estimate of drug-likeness (QED) is 0.188. The van der Waals surface area contributed by atoms with Crippen LogP contribution in [0.25, 0.3) is 0 Å². The number of allylic oxidation sites excluding steroid dienone is 1. The van der Waals surface area contributed by atoms with Crippen LogP contribution < -0.4 is 15.0 Å². The van der Waals surface area contributed by atoms with E-state index in [-0.39, 0.29) is 10.7 Å². The molecule has 0 aromatic heterocycles. The van der Waals surface area contributed by atoms with Crippen LogP contribution in [0.3, 0.4) is 0 Å². The highest BCUT2D eigenvalue weighted by Crippen LogP contribution is 2.33. The standard InChI is InChI=1S/C30H26N2O4S/c33-27(22-13-11-21(12-14-22)20-7-3-1-4-8-20)19-26-28(34)31-30(37)32(29(26)35)23-15-17-25(18-16-23)36-24-9-5-2-6-10-24/h2,5-6,9-20H,1,3-4,7-8H2,(H,31,34,37)/b26-19+. The topological polar surface area (TPSA) is 75.7 Å². The van der Waals surface area contributed by atoms with Crippen LogP contribution in [-0.4, -0.2) is 22.7 Å². The molecule has 1 aliphatic heterocycles. The third-order valence-electron chi connectivity index (χ3n) is 6.72. The van der Waals surface area contributed by atoms with Gasteiger partial charge >= 0.3 is 0 Å². The Labute approximate surface area is 220 Å². The highest BCUT2D eigenvalue weighted by molar-refractivity contribution is 7.80. The van der Waals surface area contributed by atoms with E-state index in [9.17, 15) is 14.4 Å². The fourth-order valence-electron chi connectivity index (χ4n) is 4.75. The van der Waals surface area contributed by atoms with Gasteiger partial charge in [-0.05, 0) is 72.9 Å². The summed E-state index contributed by atoms with van der Waals surface area (Å²) in [6, 6.07) is 23.6. The number of rotatable bonds is 6. The lowest BCUT2D eigenvalue weighted by molar-refractivity contribution is -0.122. The second-order valence-electron chi connectivity index (χ2n) is 9.19. The van der Waals surface area contributed by atoms with Crippen LogP contribution in [0.5, 0.6) is 11.5 Å². The lowest BCUT2D eigenvalue weighted by Gasteiger charge is -2.28. The second-order valence-corrected chi connectivity index (χ2v) is 9.57. The summed E-state index contributed by atoms with van der Waals surface area (Å²) in [5, 5.41) is 2.47. The van der Waals surface area contributed by atoms with Crippen LogP contribution >= 0.6 is 12.2 Å². The number of nitrogens with zero attached hydrogens (tertiary/aromatic N) is 1. The summed E-state index contributed by atoms with van der Waals surface area (Å²) in [5.74, 6) is 0.0359. The van der Waals surface area contributed by atoms with E-state index in [1.54, 1.807) is 36.4 Å². The Hall–Kier alpha value is -4.10. The Morgan fingerprint density at radius 3 is 2.19 bits per heavy atom. The number of hydrogen-bond acceptors (Lipinski definition) is 5. The lowest BCUT2D eigenvalue weighted by atomic mass is 9.84. The van der Waals surface area contributed by atoms with E-state index in [1.807, 2.05) is 42.5 Å². The fraction of sp³-hybridized carbons (Fsp3) is 0.200. The number of thiocarbonyl (C=S) groups is 1. The van der Waals surface area contributed by atoms with Gasteiger partial charge in [-0.25, -0.2) is 0 Å². The average molecular weight is 511 g/mol. The molecular weight excluding hydrogens is 484 g/mol. The van der Waals surface area contributed by atoms with Gasteiger partial charge < -0.3 is 4.74 Å². The van der Waals surface area contributed by atoms with Crippen molar-refractivity contribution in [2.24, 2.45) is 0 Å². The van der Waals surface area contributed by atoms with Gasteiger partial charge in [-0.3, -0.25) is 24.6 Å². The van der Waals surface area contributed by atoms with Gasteiger partial charge in [0, 0.05) is 11.6 Å². The summed E-state index contributed by atoms with van der Waals surface area (Å²) in [6.07, 6.45) is 7.17. The van der Waals surface area contributed by atoms with Crippen molar-refractivity contribution in [2.75, 3.05) is 4.90 Å². The molecule has 6 nitrogen and oxygen atoms in total. The van der Waals surface area contributed by atoms with Crippen molar-refractivity contribution in [3.8, 4) is 11.5 Å². The molecule has 3 aromatic rings. The molecule has 1 saturated carbocycles. The van der Waals surface area contributed by atoms with Crippen molar-refractivity contribution in [2.45, 2.75) is 38.0 Å². The van der Waals surface area contributed by atoms with Crippen LogP contribution in [0.15, 0.2) is 90.5 Å². The van der Waals surface area contributed by atoms with Gasteiger partial charge in [0.15, 0.2) is 10.9 Å². The van der Waals surface area contributed by atoms with Gasteiger partial charge in [-0.2, -0.15) is 0 Å². The molecule has 1 N–H and O–H groups in total. The molecule has 3 aromatic carbocycles. The molecule has 0 radical (unpaired) electrons.